The van der Waals surface area contributed by atoms with Crippen molar-refractivity contribution in [1.29, 1.82) is 0 Å². The summed E-state index contributed by atoms with van der Waals surface area (Å²) >= 11 is 0. The van der Waals surface area contributed by atoms with Gasteiger partial charge in [-0.15, -0.1) is 0 Å². The predicted octanol–water partition coefficient (Wildman–Crippen LogP) is 1.64. The van der Waals surface area contributed by atoms with E-state index in [0.717, 1.165) is 0 Å². The molecule has 2 N–H and O–H groups in total. The molecule has 0 aliphatic carbocycles. The van der Waals surface area contributed by atoms with E-state index in [0.29, 0.717) is 49.7 Å². The standard InChI is InChI=1S/C15H21NO4/c1-18-12-4-3-11(9-13(12)19-2)14(17)15(10-16)5-7-20-8-6-15/h3-4,9H,5-8,10,16H2,1-2H3. The van der Waals surface area contributed by atoms with Crippen LogP contribution in [0.25, 0.3) is 0 Å². The lowest BCUT2D eigenvalue weighted by Gasteiger charge is -2.34. The highest BCUT2D eigenvalue weighted by atomic mass is 16.5. The predicted molar refractivity (Wildman–Crippen MR) is 75.4 cm³/mol. The Morgan fingerprint density at radius 2 is 1.90 bits per heavy atom. The highest BCUT2D eigenvalue weighted by Gasteiger charge is 2.39. The molecule has 5 heteroatoms. The quantitative estimate of drug-likeness (QED) is 0.830. The molecule has 110 valence electrons. The fourth-order valence-electron chi connectivity index (χ4n) is 2.57. The molecule has 20 heavy (non-hydrogen) atoms. The van der Waals surface area contributed by atoms with Gasteiger partial charge in [-0.1, -0.05) is 0 Å². The van der Waals surface area contributed by atoms with Crippen molar-refractivity contribution < 1.29 is 19.0 Å². The van der Waals surface area contributed by atoms with Crippen LogP contribution in [0.5, 0.6) is 11.5 Å². The molecule has 0 atom stereocenters. The highest BCUT2D eigenvalue weighted by Crippen LogP contribution is 2.36. The molecule has 0 spiro atoms. The zero-order chi connectivity index (χ0) is 14.6. The van der Waals surface area contributed by atoms with Gasteiger partial charge in [0.1, 0.15) is 0 Å². The van der Waals surface area contributed by atoms with Crippen molar-refractivity contribution in [2.24, 2.45) is 11.1 Å². The van der Waals surface area contributed by atoms with Crippen molar-refractivity contribution in [1.82, 2.24) is 0 Å². The number of ether oxygens (including phenoxy) is 3. The van der Waals surface area contributed by atoms with E-state index < -0.39 is 5.41 Å². The summed E-state index contributed by atoms with van der Waals surface area (Å²) in [6.07, 6.45) is 1.33. The summed E-state index contributed by atoms with van der Waals surface area (Å²) in [7, 11) is 3.12. The molecule has 1 aliphatic heterocycles. The van der Waals surface area contributed by atoms with E-state index >= 15 is 0 Å². The van der Waals surface area contributed by atoms with Gasteiger partial charge in [-0.2, -0.15) is 0 Å². The lowest BCUT2D eigenvalue weighted by molar-refractivity contribution is 0.0200. The molecule has 2 rings (SSSR count). The van der Waals surface area contributed by atoms with E-state index in [2.05, 4.69) is 0 Å². The molecule has 1 saturated heterocycles. The van der Waals surface area contributed by atoms with Crippen LogP contribution in [-0.2, 0) is 4.74 Å². The van der Waals surface area contributed by atoms with Crippen molar-refractivity contribution in [2.75, 3.05) is 34.0 Å². The SMILES string of the molecule is COc1ccc(C(=O)C2(CN)CCOCC2)cc1OC. The molecular weight excluding hydrogens is 258 g/mol. The molecule has 0 aromatic heterocycles. The first kappa shape index (κ1) is 14.8. The average molecular weight is 279 g/mol. The number of ketones is 1. The first-order valence-electron chi connectivity index (χ1n) is 6.71. The molecule has 1 aromatic rings. The third kappa shape index (κ3) is 2.64. The number of carbonyl (C=O) groups excluding carboxylic acids is 1. The second-order valence-corrected chi connectivity index (χ2v) is 5.00. The van der Waals surface area contributed by atoms with Gasteiger partial charge in [0.25, 0.3) is 0 Å². The Balaban J connectivity index is 2.32. The maximum Gasteiger partial charge on any atom is 0.170 e. The van der Waals surface area contributed by atoms with Crippen molar-refractivity contribution >= 4 is 5.78 Å². The van der Waals surface area contributed by atoms with Crippen LogP contribution < -0.4 is 15.2 Å². The molecule has 1 heterocycles. The Morgan fingerprint density at radius 1 is 1.25 bits per heavy atom. The van der Waals surface area contributed by atoms with Gasteiger partial charge < -0.3 is 19.9 Å². The van der Waals surface area contributed by atoms with Gasteiger partial charge in [0.15, 0.2) is 17.3 Å². The van der Waals surface area contributed by atoms with Gasteiger partial charge in [-0.25, -0.2) is 0 Å². The second kappa shape index (κ2) is 6.24. The van der Waals surface area contributed by atoms with Crippen molar-refractivity contribution in [3.8, 4) is 11.5 Å². The van der Waals surface area contributed by atoms with Crippen LogP contribution in [0.15, 0.2) is 18.2 Å². The van der Waals surface area contributed by atoms with E-state index in [-0.39, 0.29) is 5.78 Å². The summed E-state index contributed by atoms with van der Waals surface area (Å²) in [5.74, 6) is 1.22. The van der Waals surface area contributed by atoms with Gasteiger partial charge >= 0.3 is 0 Å². The van der Waals surface area contributed by atoms with E-state index in [9.17, 15) is 4.79 Å². The molecule has 0 bridgehead atoms. The Labute approximate surface area is 119 Å². The first-order valence-corrected chi connectivity index (χ1v) is 6.71. The van der Waals surface area contributed by atoms with Crippen LogP contribution in [0.4, 0.5) is 0 Å². The zero-order valence-electron chi connectivity index (χ0n) is 12.0. The molecule has 1 fully saturated rings. The minimum absolute atomic E-state index is 0.0595. The highest BCUT2D eigenvalue weighted by molar-refractivity contribution is 6.01. The van der Waals surface area contributed by atoms with Crippen molar-refractivity contribution in [2.45, 2.75) is 12.8 Å². The third-order valence-corrected chi connectivity index (χ3v) is 3.97. The van der Waals surface area contributed by atoms with E-state index in [4.69, 9.17) is 19.9 Å². The Bertz CT molecular complexity index is 481. The maximum absolute atomic E-state index is 12.8. The number of rotatable bonds is 5. The molecule has 0 amide bonds. The zero-order valence-corrected chi connectivity index (χ0v) is 12.0. The Hall–Kier alpha value is -1.59. The van der Waals surface area contributed by atoms with Gasteiger partial charge in [-0.05, 0) is 31.0 Å². The molecule has 0 radical (unpaired) electrons. The van der Waals surface area contributed by atoms with E-state index in [1.807, 2.05) is 0 Å². The van der Waals surface area contributed by atoms with Crippen LogP contribution in [0, 0.1) is 5.41 Å². The fraction of sp³-hybridized carbons (Fsp3) is 0.533. The molecule has 0 unspecified atom stereocenters. The van der Waals surface area contributed by atoms with Crippen molar-refractivity contribution in [3.63, 3.8) is 0 Å². The smallest absolute Gasteiger partial charge is 0.170 e. The number of Topliss-reactive ketones (excluding diaryl/α,β-unsaturated/α-hetero) is 1. The fourth-order valence-corrected chi connectivity index (χ4v) is 2.57. The second-order valence-electron chi connectivity index (χ2n) is 5.00. The summed E-state index contributed by atoms with van der Waals surface area (Å²) in [4.78, 5) is 12.8. The Morgan fingerprint density at radius 3 is 2.45 bits per heavy atom. The average Bonchev–Trinajstić information content (AvgIpc) is 2.54. The number of hydrogen-bond donors (Lipinski definition) is 1. The van der Waals surface area contributed by atoms with Crippen LogP contribution in [-0.4, -0.2) is 39.8 Å². The molecule has 5 nitrogen and oxygen atoms in total. The lowest BCUT2D eigenvalue weighted by Crippen LogP contribution is -2.43. The minimum Gasteiger partial charge on any atom is -0.493 e. The largest absolute Gasteiger partial charge is 0.493 e. The normalized spacial score (nSPS) is 17.6. The summed E-state index contributed by atoms with van der Waals surface area (Å²) < 4.78 is 15.8. The summed E-state index contributed by atoms with van der Waals surface area (Å²) in [5, 5.41) is 0. The first-order chi connectivity index (χ1) is 9.66. The number of hydrogen-bond acceptors (Lipinski definition) is 5. The van der Waals surface area contributed by atoms with Gasteiger partial charge in [0.2, 0.25) is 0 Å². The molecular formula is C15H21NO4. The van der Waals surface area contributed by atoms with Crippen LogP contribution in [0.3, 0.4) is 0 Å². The Kier molecular flexibility index (Phi) is 4.62. The minimum atomic E-state index is -0.516. The van der Waals surface area contributed by atoms with Crippen LogP contribution in [0.1, 0.15) is 23.2 Å². The summed E-state index contributed by atoms with van der Waals surface area (Å²) in [6.45, 7) is 1.50. The monoisotopic (exact) mass is 279 g/mol. The summed E-state index contributed by atoms with van der Waals surface area (Å²) in [5.41, 5.74) is 5.96. The topological polar surface area (TPSA) is 70.8 Å². The van der Waals surface area contributed by atoms with E-state index in [1.54, 1.807) is 32.4 Å². The van der Waals surface area contributed by atoms with Crippen LogP contribution in [0.2, 0.25) is 0 Å². The van der Waals surface area contributed by atoms with Crippen molar-refractivity contribution in [3.05, 3.63) is 23.8 Å². The number of benzene rings is 1. The van der Waals surface area contributed by atoms with Crippen LogP contribution >= 0.6 is 0 Å². The van der Waals surface area contributed by atoms with E-state index in [1.165, 1.54) is 0 Å². The number of carbonyl (C=O) groups is 1. The number of methoxy groups -OCH3 is 2. The molecule has 0 saturated carbocycles. The summed E-state index contributed by atoms with van der Waals surface area (Å²) in [6, 6.07) is 5.22. The third-order valence-electron chi connectivity index (χ3n) is 3.97. The number of nitrogens with two attached hydrogens (primary N) is 1. The molecule has 1 aromatic carbocycles. The molecule has 1 aliphatic rings. The lowest BCUT2D eigenvalue weighted by atomic mass is 9.74. The van der Waals surface area contributed by atoms with Gasteiger partial charge in [-0.3, -0.25) is 4.79 Å². The van der Waals surface area contributed by atoms with Gasteiger partial charge in [0.05, 0.1) is 19.6 Å². The van der Waals surface area contributed by atoms with Gasteiger partial charge in [0, 0.05) is 25.3 Å². The maximum atomic E-state index is 12.8.